The second-order valence-corrected chi connectivity index (χ2v) is 12.6. The summed E-state index contributed by atoms with van der Waals surface area (Å²) in [5, 5.41) is 21.4. The normalized spacial score (nSPS) is 40.2. The molecule has 0 spiro atoms. The zero-order chi connectivity index (χ0) is 20.7. The van der Waals surface area contributed by atoms with Crippen LogP contribution in [0.15, 0.2) is 0 Å². The molecule has 2 nitrogen and oxygen atoms in total. The van der Waals surface area contributed by atoms with Crippen LogP contribution in [0.2, 0.25) is 0 Å². The highest BCUT2D eigenvalue weighted by molar-refractivity contribution is 4.96. The molecule has 0 radical (unpaired) electrons. The minimum absolute atomic E-state index is 0.137. The maximum Gasteiger partial charge on any atom is 0.0576 e. The molecule has 2 saturated carbocycles. The third-order valence-electron chi connectivity index (χ3n) is 8.22. The van der Waals surface area contributed by atoms with Gasteiger partial charge < -0.3 is 10.2 Å². The van der Waals surface area contributed by atoms with Crippen molar-refractivity contribution in [2.45, 2.75) is 107 Å². The van der Waals surface area contributed by atoms with Crippen molar-refractivity contribution in [3.05, 3.63) is 0 Å². The molecule has 8 unspecified atom stereocenters. The maximum atomic E-state index is 10.8. The fourth-order valence-corrected chi connectivity index (χ4v) is 6.73. The molecule has 0 aromatic carbocycles. The summed E-state index contributed by atoms with van der Waals surface area (Å²) in [4.78, 5) is 0. The average molecular weight is 381 g/mol. The van der Waals surface area contributed by atoms with E-state index in [0.717, 1.165) is 19.3 Å². The highest BCUT2D eigenvalue weighted by atomic mass is 16.3. The summed E-state index contributed by atoms with van der Waals surface area (Å²) in [6, 6.07) is 0. The van der Waals surface area contributed by atoms with Crippen LogP contribution in [0, 0.1) is 52.3 Å². The van der Waals surface area contributed by atoms with Gasteiger partial charge in [0.2, 0.25) is 0 Å². The number of aliphatic hydroxyl groups excluding tert-OH is 2. The standard InChI is InChI=1S/C25H48O2/c1-15(2)23(17-10-11-21(26)19(13-17)24(4,5)6)18-14-20(25(7,8)9)22(27)12-16(18)3/h15-23,26-27H,10-14H2,1-9H3. The van der Waals surface area contributed by atoms with E-state index in [1.165, 1.54) is 12.8 Å². The Morgan fingerprint density at radius 2 is 1.26 bits per heavy atom. The van der Waals surface area contributed by atoms with E-state index in [9.17, 15) is 10.2 Å². The fourth-order valence-electron chi connectivity index (χ4n) is 6.73. The van der Waals surface area contributed by atoms with E-state index in [1.54, 1.807) is 0 Å². The van der Waals surface area contributed by atoms with Gasteiger partial charge in [0.1, 0.15) is 0 Å². The molecule has 0 saturated heterocycles. The van der Waals surface area contributed by atoms with Gasteiger partial charge in [-0.3, -0.25) is 0 Å². The smallest absolute Gasteiger partial charge is 0.0576 e. The Kier molecular flexibility index (Phi) is 7.17. The van der Waals surface area contributed by atoms with Gasteiger partial charge in [-0.25, -0.2) is 0 Å². The van der Waals surface area contributed by atoms with Crippen LogP contribution in [-0.4, -0.2) is 22.4 Å². The molecule has 27 heavy (non-hydrogen) atoms. The summed E-state index contributed by atoms with van der Waals surface area (Å²) in [5.41, 5.74) is 0.331. The first-order chi connectivity index (χ1) is 12.2. The SMILES string of the molecule is CC(C)C(C1CCC(O)C(C(C)(C)C)C1)C1CC(C(C)(C)C)C(O)CC1C. The molecule has 0 aliphatic heterocycles. The predicted octanol–water partition coefficient (Wildman–Crippen LogP) is 6.15. The summed E-state index contributed by atoms with van der Waals surface area (Å²) < 4.78 is 0. The van der Waals surface area contributed by atoms with Crippen molar-refractivity contribution in [2.75, 3.05) is 0 Å². The van der Waals surface area contributed by atoms with Crippen LogP contribution < -0.4 is 0 Å². The lowest BCUT2D eigenvalue weighted by Crippen LogP contribution is -2.47. The van der Waals surface area contributed by atoms with E-state index >= 15 is 0 Å². The molecule has 0 aromatic rings. The molecule has 2 heteroatoms. The Labute approximate surface area is 169 Å². The van der Waals surface area contributed by atoms with Crippen LogP contribution in [-0.2, 0) is 0 Å². The minimum Gasteiger partial charge on any atom is -0.393 e. The van der Waals surface area contributed by atoms with Gasteiger partial charge in [-0.15, -0.1) is 0 Å². The largest absolute Gasteiger partial charge is 0.393 e. The van der Waals surface area contributed by atoms with Gasteiger partial charge in [0.25, 0.3) is 0 Å². The van der Waals surface area contributed by atoms with E-state index in [1.807, 2.05) is 0 Å². The van der Waals surface area contributed by atoms with E-state index in [0.29, 0.717) is 41.4 Å². The van der Waals surface area contributed by atoms with Crippen molar-refractivity contribution in [2.24, 2.45) is 52.3 Å². The molecular weight excluding hydrogens is 332 g/mol. The molecule has 160 valence electrons. The monoisotopic (exact) mass is 380 g/mol. The van der Waals surface area contributed by atoms with Crippen molar-refractivity contribution >= 4 is 0 Å². The first kappa shape index (κ1) is 23.2. The van der Waals surface area contributed by atoms with Crippen LogP contribution >= 0.6 is 0 Å². The zero-order valence-electron chi connectivity index (χ0n) is 19.6. The molecule has 2 fully saturated rings. The Morgan fingerprint density at radius 1 is 0.741 bits per heavy atom. The summed E-state index contributed by atoms with van der Waals surface area (Å²) in [7, 11) is 0. The van der Waals surface area contributed by atoms with Crippen molar-refractivity contribution < 1.29 is 10.2 Å². The first-order valence-corrected chi connectivity index (χ1v) is 11.6. The summed E-state index contributed by atoms with van der Waals surface area (Å²) in [5.74, 6) is 4.15. The Hall–Kier alpha value is -0.0800. The van der Waals surface area contributed by atoms with Crippen molar-refractivity contribution in [3.8, 4) is 0 Å². The van der Waals surface area contributed by atoms with Crippen LogP contribution in [0.25, 0.3) is 0 Å². The molecule has 2 rings (SSSR count). The van der Waals surface area contributed by atoms with Crippen LogP contribution in [0.3, 0.4) is 0 Å². The minimum atomic E-state index is -0.153. The van der Waals surface area contributed by atoms with Crippen molar-refractivity contribution in [1.29, 1.82) is 0 Å². The molecular formula is C25H48O2. The van der Waals surface area contributed by atoms with Gasteiger partial charge in [0, 0.05) is 0 Å². The molecule has 2 aliphatic rings. The highest BCUT2D eigenvalue weighted by Crippen LogP contribution is 2.52. The van der Waals surface area contributed by atoms with Crippen LogP contribution in [0.5, 0.6) is 0 Å². The quantitative estimate of drug-likeness (QED) is 0.616. The summed E-state index contributed by atoms with van der Waals surface area (Å²) >= 11 is 0. The zero-order valence-corrected chi connectivity index (χ0v) is 19.6. The van der Waals surface area contributed by atoms with Gasteiger partial charge in [-0.05, 0) is 84.4 Å². The Bertz CT molecular complexity index is 470. The van der Waals surface area contributed by atoms with Gasteiger partial charge in [-0.1, -0.05) is 62.3 Å². The fraction of sp³-hybridized carbons (Fsp3) is 1.00. The first-order valence-electron chi connectivity index (χ1n) is 11.6. The third kappa shape index (κ3) is 5.30. The second-order valence-electron chi connectivity index (χ2n) is 12.6. The average Bonchev–Trinajstić information content (AvgIpc) is 2.48. The summed E-state index contributed by atoms with van der Waals surface area (Å²) in [6.45, 7) is 21.0. The Balaban J connectivity index is 2.25. The van der Waals surface area contributed by atoms with Gasteiger partial charge in [0.15, 0.2) is 0 Å². The number of rotatable bonds is 3. The molecule has 2 aliphatic carbocycles. The summed E-state index contributed by atoms with van der Waals surface area (Å²) in [6.07, 6.45) is 5.12. The van der Waals surface area contributed by atoms with Gasteiger partial charge in [0.05, 0.1) is 12.2 Å². The molecule has 0 aromatic heterocycles. The van der Waals surface area contributed by atoms with Gasteiger partial charge in [-0.2, -0.15) is 0 Å². The lowest BCUT2D eigenvalue weighted by atomic mass is 9.55. The molecule has 8 atom stereocenters. The lowest BCUT2D eigenvalue weighted by molar-refractivity contribution is -0.0763. The van der Waals surface area contributed by atoms with Crippen molar-refractivity contribution in [1.82, 2.24) is 0 Å². The number of hydrogen-bond acceptors (Lipinski definition) is 2. The second kappa shape index (κ2) is 8.34. The van der Waals surface area contributed by atoms with Crippen LogP contribution in [0.1, 0.15) is 94.4 Å². The van der Waals surface area contributed by atoms with Crippen LogP contribution in [0.4, 0.5) is 0 Å². The molecule has 0 heterocycles. The Morgan fingerprint density at radius 3 is 1.74 bits per heavy atom. The van der Waals surface area contributed by atoms with E-state index in [2.05, 4.69) is 62.3 Å². The molecule has 0 bridgehead atoms. The topological polar surface area (TPSA) is 40.5 Å². The predicted molar refractivity (Wildman–Crippen MR) is 115 cm³/mol. The lowest BCUT2D eigenvalue weighted by Gasteiger charge is -2.51. The van der Waals surface area contributed by atoms with E-state index in [4.69, 9.17) is 0 Å². The van der Waals surface area contributed by atoms with E-state index in [-0.39, 0.29) is 23.0 Å². The van der Waals surface area contributed by atoms with Crippen molar-refractivity contribution in [3.63, 3.8) is 0 Å². The molecule has 2 N–H and O–H groups in total. The van der Waals surface area contributed by atoms with E-state index < -0.39 is 0 Å². The molecule has 0 amide bonds. The number of hydrogen-bond donors (Lipinski definition) is 2. The highest BCUT2D eigenvalue weighted by Gasteiger charge is 2.47. The van der Waals surface area contributed by atoms with Gasteiger partial charge >= 0.3 is 0 Å². The number of aliphatic hydroxyl groups is 2. The maximum absolute atomic E-state index is 10.8. The third-order valence-corrected chi connectivity index (χ3v) is 8.22.